The Morgan fingerprint density at radius 3 is 2.19 bits per heavy atom. The summed E-state index contributed by atoms with van der Waals surface area (Å²) >= 11 is 0. The topological polar surface area (TPSA) is 84.9 Å². The zero-order valence-electron chi connectivity index (χ0n) is 19.0. The number of amides is 1. The largest absolute Gasteiger partial charge is 0.497 e. The summed E-state index contributed by atoms with van der Waals surface area (Å²) in [6.45, 7) is 5.72. The minimum absolute atomic E-state index is 0.232. The number of benzene rings is 2. The van der Waals surface area contributed by atoms with Gasteiger partial charge in [-0.05, 0) is 37.0 Å². The van der Waals surface area contributed by atoms with E-state index in [0.717, 1.165) is 22.5 Å². The molecule has 2 atom stereocenters. The summed E-state index contributed by atoms with van der Waals surface area (Å²) < 4.78 is 37.1. The third-order valence-corrected chi connectivity index (χ3v) is 6.17. The third kappa shape index (κ3) is 6.37. The van der Waals surface area contributed by atoms with E-state index in [9.17, 15) is 13.2 Å². The molecule has 170 valence electrons. The van der Waals surface area contributed by atoms with Crippen molar-refractivity contribution in [2.45, 2.75) is 39.3 Å². The molecule has 0 fully saturated rings. The van der Waals surface area contributed by atoms with Gasteiger partial charge in [0.05, 0.1) is 32.2 Å². The Morgan fingerprint density at radius 2 is 1.68 bits per heavy atom. The smallest absolute Gasteiger partial charge is 0.244 e. The molecule has 0 spiro atoms. The molecular weight excluding hydrogens is 416 g/mol. The molecule has 2 aromatic rings. The van der Waals surface area contributed by atoms with Crippen LogP contribution in [-0.2, 0) is 14.8 Å². The number of anilines is 1. The number of carbonyl (C=O) groups excluding carboxylic acids is 1. The fourth-order valence-electron chi connectivity index (χ4n) is 3.48. The van der Waals surface area contributed by atoms with Crippen molar-refractivity contribution in [1.82, 2.24) is 5.32 Å². The number of nitrogens with one attached hydrogen (secondary N) is 1. The highest BCUT2D eigenvalue weighted by Crippen LogP contribution is 2.35. The van der Waals surface area contributed by atoms with Crippen LogP contribution in [0.5, 0.6) is 11.5 Å². The van der Waals surface area contributed by atoms with Gasteiger partial charge in [0.2, 0.25) is 15.9 Å². The Morgan fingerprint density at radius 1 is 1.03 bits per heavy atom. The maximum absolute atomic E-state index is 13.2. The summed E-state index contributed by atoms with van der Waals surface area (Å²) in [5.74, 6) is 0.724. The molecule has 0 aliphatic carbocycles. The highest BCUT2D eigenvalue weighted by atomic mass is 32.2. The van der Waals surface area contributed by atoms with Crippen LogP contribution in [0, 0.1) is 5.92 Å². The number of ether oxygens (including phenoxy) is 2. The molecule has 0 aliphatic rings. The van der Waals surface area contributed by atoms with Crippen molar-refractivity contribution in [3.63, 3.8) is 0 Å². The van der Waals surface area contributed by atoms with E-state index < -0.39 is 22.0 Å². The van der Waals surface area contributed by atoms with Crippen LogP contribution in [0.3, 0.4) is 0 Å². The zero-order valence-corrected chi connectivity index (χ0v) is 19.8. The molecule has 7 nitrogen and oxygen atoms in total. The fraction of sp³-hybridized carbons (Fsp3) is 0.435. The highest BCUT2D eigenvalue weighted by Gasteiger charge is 2.33. The minimum atomic E-state index is -3.81. The molecule has 2 rings (SSSR count). The standard InChI is InChI=1S/C23H32N2O5S/c1-16(2)14-20(18-10-8-7-9-11-18)24-23(26)17(3)25(31(6,27)28)21-15-19(29-4)12-13-22(21)30-5/h7-13,15-17,20H,14H2,1-6H3,(H,24,26)/t17-,20-/m1/s1. The van der Waals surface area contributed by atoms with Gasteiger partial charge in [-0.1, -0.05) is 44.2 Å². The Balaban J connectivity index is 2.41. The lowest BCUT2D eigenvalue weighted by Gasteiger charge is -2.31. The molecule has 0 heterocycles. The minimum Gasteiger partial charge on any atom is -0.497 e. The summed E-state index contributed by atoms with van der Waals surface area (Å²) in [6.07, 6.45) is 1.79. The van der Waals surface area contributed by atoms with Crippen LogP contribution < -0.4 is 19.1 Å². The fourth-order valence-corrected chi connectivity index (χ4v) is 4.65. The van der Waals surface area contributed by atoms with E-state index in [1.807, 2.05) is 30.3 Å². The lowest BCUT2D eigenvalue weighted by atomic mass is 9.96. The highest BCUT2D eigenvalue weighted by molar-refractivity contribution is 7.92. The van der Waals surface area contributed by atoms with E-state index in [2.05, 4.69) is 19.2 Å². The first kappa shape index (κ1) is 24.5. The van der Waals surface area contributed by atoms with Crippen LogP contribution in [0.15, 0.2) is 48.5 Å². The second kappa shape index (κ2) is 10.5. The van der Waals surface area contributed by atoms with E-state index in [-0.39, 0.29) is 11.7 Å². The van der Waals surface area contributed by atoms with E-state index in [1.54, 1.807) is 25.1 Å². The Bertz CT molecular complexity index is 977. The van der Waals surface area contributed by atoms with Gasteiger partial charge in [0.1, 0.15) is 17.5 Å². The predicted octanol–water partition coefficient (Wildman–Crippen LogP) is 3.76. The molecule has 0 unspecified atom stereocenters. The summed E-state index contributed by atoms with van der Waals surface area (Å²) in [4.78, 5) is 13.2. The quantitative estimate of drug-likeness (QED) is 0.598. The van der Waals surface area contributed by atoms with Gasteiger partial charge in [-0.3, -0.25) is 9.10 Å². The first-order valence-corrected chi connectivity index (χ1v) is 12.0. The predicted molar refractivity (Wildman–Crippen MR) is 123 cm³/mol. The monoisotopic (exact) mass is 448 g/mol. The Hall–Kier alpha value is -2.74. The van der Waals surface area contributed by atoms with E-state index in [0.29, 0.717) is 17.4 Å². The molecule has 0 saturated heterocycles. The van der Waals surface area contributed by atoms with Crippen molar-refractivity contribution in [2.24, 2.45) is 5.92 Å². The summed E-state index contributed by atoms with van der Waals surface area (Å²) in [5.41, 5.74) is 1.22. The molecule has 31 heavy (non-hydrogen) atoms. The van der Waals surface area contributed by atoms with Crippen molar-refractivity contribution in [3.05, 3.63) is 54.1 Å². The van der Waals surface area contributed by atoms with Crippen LogP contribution >= 0.6 is 0 Å². The number of rotatable bonds is 10. The first-order chi connectivity index (χ1) is 14.6. The third-order valence-electron chi connectivity index (χ3n) is 4.94. The molecular formula is C23H32N2O5S. The van der Waals surface area contributed by atoms with Crippen molar-refractivity contribution < 1.29 is 22.7 Å². The van der Waals surface area contributed by atoms with Crippen LogP contribution in [0.1, 0.15) is 38.8 Å². The van der Waals surface area contributed by atoms with E-state index in [4.69, 9.17) is 9.47 Å². The molecule has 8 heteroatoms. The van der Waals surface area contributed by atoms with Gasteiger partial charge < -0.3 is 14.8 Å². The normalized spacial score (nSPS) is 13.4. The number of methoxy groups -OCH3 is 2. The van der Waals surface area contributed by atoms with Crippen molar-refractivity contribution in [3.8, 4) is 11.5 Å². The maximum Gasteiger partial charge on any atom is 0.244 e. The molecule has 0 saturated carbocycles. The second-order valence-electron chi connectivity index (χ2n) is 7.87. The Labute approximate surface area is 185 Å². The van der Waals surface area contributed by atoms with Gasteiger partial charge in [-0.25, -0.2) is 8.42 Å². The van der Waals surface area contributed by atoms with Gasteiger partial charge in [0.25, 0.3) is 0 Å². The first-order valence-electron chi connectivity index (χ1n) is 10.1. The average Bonchev–Trinajstić information content (AvgIpc) is 2.72. The number of nitrogens with zero attached hydrogens (tertiary/aromatic N) is 1. The molecule has 1 N–H and O–H groups in total. The molecule has 0 aromatic heterocycles. The van der Waals surface area contributed by atoms with Crippen molar-refractivity contribution >= 4 is 21.6 Å². The summed E-state index contributed by atoms with van der Waals surface area (Å²) in [5, 5.41) is 3.04. The van der Waals surface area contributed by atoms with Gasteiger partial charge >= 0.3 is 0 Å². The van der Waals surface area contributed by atoms with Gasteiger partial charge in [0.15, 0.2) is 0 Å². The molecule has 0 bridgehead atoms. The lowest BCUT2D eigenvalue weighted by molar-refractivity contribution is -0.122. The van der Waals surface area contributed by atoms with Gasteiger partial charge in [-0.2, -0.15) is 0 Å². The van der Waals surface area contributed by atoms with Crippen LogP contribution in [0.2, 0.25) is 0 Å². The summed E-state index contributed by atoms with van der Waals surface area (Å²) in [7, 11) is -0.868. The molecule has 0 aliphatic heterocycles. The van der Waals surface area contributed by atoms with E-state index in [1.165, 1.54) is 14.2 Å². The van der Waals surface area contributed by atoms with Crippen LogP contribution in [0.4, 0.5) is 5.69 Å². The van der Waals surface area contributed by atoms with Crippen molar-refractivity contribution in [1.29, 1.82) is 0 Å². The molecule has 0 radical (unpaired) electrons. The number of hydrogen-bond donors (Lipinski definition) is 1. The number of sulfonamides is 1. The van der Waals surface area contributed by atoms with E-state index >= 15 is 0 Å². The van der Waals surface area contributed by atoms with Crippen molar-refractivity contribution in [2.75, 3.05) is 24.8 Å². The maximum atomic E-state index is 13.2. The summed E-state index contributed by atoms with van der Waals surface area (Å²) in [6, 6.07) is 13.3. The molecule has 2 aromatic carbocycles. The Kier molecular flexibility index (Phi) is 8.33. The second-order valence-corrected chi connectivity index (χ2v) is 9.73. The number of hydrogen-bond acceptors (Lipinski definition) is 5. The van der Waals surface area contributed by atoms with Gasteiger partial charge in [0, 0.05) is 6.07 Å². The SMILES string of the molecule is COc1ccc(OC)c(N([C@H](C)C(=O)N[C@H](CC(C)C)c2ccccc2)S(C)(=O)=O)c1. The lowest BCUT2D eigenvalue weighted by Crippen LogP contribution is -2.48. The number of carbonyl (C=O) groups is 1. The molecule has 1 amide bonds. The van der Waals surface area contributed by atoms with Crippen LogP contribution in [-0.4, -0.2) is 40.8 Å². The zero-order chi connectivity index (χ0) is 23.2. The van der Waals surface area contributed by atoms with Crippen LogP contribution in [0.25, 0.3) is 0 Å². The van der Waals surface area contributed by atoms with Gasteiger partial charge in [-0.15, -0.1) is 0 Å². The average molecular weight is 449 g/mol.